The summed E-state index contributed by atoms with van der Waals surface area (Å²) in [6.07, 6.45) is 0.774. The van der Waals surface area contributed by atoms with Gasteiger partial charge in [0.15, 0.2) is 11.5 Å². The second-order valence-electron chi connectivity index (χ2n) is 8.11. The third-order valence-corrected chi connectivity index (χ3v) is 5.77. The van der Waals surface area contributed by atoms with Crippen LogP contribution in [0.15, 0.2) is 36.4 Å². The third-order valence-electron chi connectivity index (χ3n) is 5.77. The average Bonchev–Trinajstić information content (AvgIpc) is 3.22. The molecule has 0 spiro atoms. The van der Waals surface area contributed by atoms with Gasteiger partial charge in [-0.05, 0) is 61.7 Å². The molecule has 1 aliphatic rings. The molecular weight excluding hydrogens is 422 g/mol. The van der Waals surface area contributed by atoms with Crippen LogP contribution in [0.1, 0.15) is 29.9 Å². The van der Waals surface area contributed by atoms with Crippen LogP contribution in [0, 0.1) is 0 Å². The van der Waals surface area contributed by atoms with E-state index in [0.717, 1.165) is 34.4 Å². The van der Waals surface area contributed by atoms with Gasteiger partial charge in [-0.1, -0.05) is 0 Å². The number of fused-ring (bicyclic) bond motifs is 3. The van der Waals surface area contributed by atoms with E-state index in [9.17, 15) is 4.79 Å². The second kappa shape index (κ2) is 9.10. The van der Waals surface area contributed by atoms with Crippen molar-refractivity contribution >= 4 is 5.97 Å². The SMILES string of the molecule is COC(=O)c1cc(-c2cc(OC)cc(OC)c2)c2n1CCc1cc(OC(C)C)c(OC)cc1-2. The van der Waals surface area contributed by atoms with Crippen LogP contribution in [-0.2, 0) is 17.7 Å². The van der Waals surface area contributed by atoms with Crippen molar-refractivity contribution in [2.75, 3.05) is 28.4 Å². The van der Waals surface area contributed by atoms with Gasteiger partial charge in [0.2, 0.25) is 0 Å². The zero-order valence-corrected chi connectivity index (χ0v) is 19.9. The summed E-state index contributed by atoms with van der Waals surface area (Å²) in [5.41, 5.74) is 5.29. The van der Waals surface area contributed by atoms with Crippen LogP contribution < -0.4 is 18.9 Å². The maximum atomic E-state index is 12.6. The summed E-state index contributed by atoms with van der Waals surface area (Å²) >= 11 is 0. The van der Waals surface area contributed by atoms with Gasteiger partial charge in [-0.2, -0.15) is 0 Å². The predicted molar refractivity (Wildman–Crippen MR) is 126 cm³/mol. The number of methoxy groups -OCH3 is 4. The number of hydrogen-bond acceptors (Lipinski definition) is 6. The molecule has 0 saturated carbocycles. The highest BCUT2D eigenvalue weighted by Crippen LogP contribution is 2.45. The highest BCUT2D eigenvalue weighted by molar-refractivity contribution is 5.96. The maximum Gasteiger partial charge on any atom is 0.354 e. The molecule has 0 saturated heterocycles. The van der Waals surface area contributed by atoms with Crippen LogP contribution in [0.4, 0.5) is 0 Å². The van der Waals surface area contributed by atoms with Gasteiger partial charge in [0.25, 0.3) is 0 Å². The normalized spacial score (nSPS) is 12.1. The first-order valence-electron chi connectivity index (χ1n) is 10.8. The van der Waals surface area contributed by atoms with E-state index in [0.29, 0.717) is 35.2 Å². The Bertz CT molecular complexity index is 1170. The molecule has 7 nitrogen and oxygen atoms in total. The number of carbonyl (C=O) groups is 1. The van der Waals surface area contributed by atoms with Crippen molar-refractivity contribution in [2.45, 2.75) is 32.9 Å². The van der Waals surface area contributed by atoms with E-state index < -0.39 is 0 Å². The second-order valence-corrected chi connectivity index (χ2v) is 8.11. The molecule has 174 valence electrons. The van der Waals surface area contributed by atoms with Crippen LogP contribution >= 0.6 is 0 Å². The number of aryl methyl sites for hydroxylation is 1. The molecule has 0 radical (unpaired) electrons. The van der Waals surface area contributed by atoms with Crippen LogP contribution in [0.2, 0.25) is 0 Å². The van der Waals surface area contributed by atoms with Crippen molar-refractivity contribution < 1.29 is 28.5 Å². The lowest BCUT2D eigenvalue weighted by Gasteiger charge is -2.24. The molecule has 0 bridgehead atoms. The maximum absolute atomic E-state index is 12.6. The van der Waals surface area contributed by atoms with E-state index in [1.807, 2.05) is 54.8 Å². The van der Waals surface area contributed by atoms with Crippen LogP contribution in [-0.4, -0.2) is 45.1 Å². The van der Waals surface area contributed by atoms with E-state index in [-0.39, 0.29) is 12.1 Å². The molecule has 4 rings (SSSR count). The van der Waals surface area contributed by atoms with Crippen LogP contribution in [0.3, 0.4) is 0 Å². The van der Waals surface area contributed by atoms with Gasteiger partial charge in [-0.3, -0.25) is 0 Å². The molecule has 0 atom stereocenters. The minimum atomic E-state index is -0.382. The standard InChI is InChI=1S/C26H29NO6/c1-15(2)33-24-11-16-7-8-27-22(26(28)32-6)13-20(25(27)21(16)14-23(24)31-5)17-9-18(29-3)12-19(10-17)30-4/h9-15H,7-8H2,1-6H3. The van der Waals surface area contributed by atoms with E-state index in [1.165, 1.54) is 7.11 Å². The zero-order valence-electron chi connectivity index (χ0n) is 19.9. The fourth-order valence-corrected chi connectivity index (χ4v) is 4.30. The monoisotopic (exact) mass is 451 g/mol. The van der Waals surface area contributed by atoms with E-state index in [4.69, 9.17) is 23.7 Å². The van der Waals surface area contributed by atoms with Crippen molar-refractivity contribution in [2.24, 2.45) is 0 Å². The Morgan fingerprint density at radius 3 is 2.12 bits per heavy atom. The Morgan fingerprint density at radius 1 is 0.848 bits per heavy atom. The highest BCUT2D eigenvalue weighted by Gasteiger charge is 2.29. The van der Waals surface area contributed by atoms with Crippen molar-refractivity contribution in [3.63, 3.8) is 0 Å². The van der Waals surface area contributed by atoms with Gasteiger partial charge in [0, 0.05) is 23.7 Å². The Labute approximate surface area is 193 Å². The van der Waals surface area contributed by atoms with Gasteiger partial charge in [0.1, 0.15) is 17.2 Å². The first-order valence-corrected chi connectivity index (χ1v) is 10.8. The summed E-state index contributed by atoms with van der Waals surface area (Å²) < 4.78 is 29.7. The van der Waals surface area contributed by atoms with Crippen molar-refractivity contribution in [3.05, 3.63) is 47.7 Å². The third kappa shape index (κ3) is 4.11. The van der Waals surface area contributed by atoms with E-state index >= 15 is 0 Å². The summed E-state index contributed by atoms with van der Waals surface area (Å²) in [7, 11) is 6.25. The zero-order chi connectivity index (χ0) is 23.7. The number of ether oxygens (including phenoxy) is 5. The Hall–Kier alpha value is -3.61. The number of hydrogen-bond donors (Lipinski definition) is 0. The molecule has 2 heterocycles. The molecule has 0 amide bonds. The van der Waals surface area contributed by atoms with Gasteiger partial charge < -0.3 is 28.3 Å². The predicted octanol–water partition coefficient (Wildman–Crippen LogP) is 4.98. The number of esters is 1. The van der Waals surface area contributed by atoms with E-state index in [1.54, 1.807) is 21.3 Å². The molecule has 0 N–H and O–H groups in total. The van der Waals surface area contributed by atoms with Crippen molar-refractivity contribution in [1.29, 1.82) is 0 Å². The summed E-state index contributed by atoms with van der Waals surface area (Å²) in [4.78, 5) is 12.6. The quantitative estimate of drug-likeness (QED) is 0.472. The molecule has 0 aliphatic carbocycles. The van der Waals surface area contributed by atoms with Gasteiger partial charge in [-0.25, -0.2) is 4.79 Å². The molecular formula is C26H29NO6. The number of aromatic nitrogens is 1. The molecule has 3 aromatic rings. The van der Waals surface area contributed by atoms with Crippen LogP contribution in [0.5, 0.6) is 23.0 Å². The number of carbonyl (C=O) groups excluding carboxylic acids is 1. The molecule has 0 unspecified atom stereocenters. The molecule has 7 heteroatoms. The van der Waals surface area contributed by atoms with Crippen molar-refractivity contribution in [3.8, 4) is 45.4 Å². The largest absolute Gasteiger partial charge is 0.497 e. The molecule has 2 aromatic carbocycles. The van der Waals surface area contributed by atoms with Crippen molar-refractivity contribution in [1.82, 2.24) is 4.57 Å². The lowest BCUT2D eigenvalue weighted by molar-refractivity contribution is 0.0588. The molecule has 1 aliphatic heterocycles. The summed E-state index contributed by atoms with van der Waals surface area (Å²) in [5, 5.41) is 0. The smallest absolute Gasteiger partial charge is 0.354 e. The first-order chi connectivity index (χ1) is 15.9. The number of nitrogens with zero attached hydrogens (tertiary/aromatic N) is 1. The minimum absolute atomic E-state index is 0.0233. The Balaban J connectivity index is 1.98. The first kappa shape index (κ1) is 22.6. The summed E-state index contributed by atoms with van der Waals surface area (Å²) in [5.74, 6) is 2.30. The fraction of sp³-hybridized carbons (Fsp3) is 0.346. The van der Waals surface area contributed by atoms with Gasteiger partial charge in [0.05, 0.1) is 40.2 Å². The van der Waals surface area contributed by atoms with Crippen LogP contribution in [0.25, 0.3) is 22.4 Å². The summed E-state index contributed by atoms with van der Waals surface area (Å²) in [6, 6.07) is 11.6. The number of rotatable bonds is 7. The van der Waals surface area contributed by atoms with E-state index in [2.05, 4.69) is 0 Å². The average molecular weight is 452 g/mol. The fourth-order valence-electron chi connectivity index (χ4n) is 4.30. The minimum Gasteiger partial charge on any atom is -0.497 e. The summed E-state index contributed by atoms with van der Waals surface area (Å²) in [6.45, 7) is 4.61. The van der Waals surface area contributed by atoms with Gasteiger partial charge >= 0.3 is 5.97 Å². The molecule has 33 heavy (non-hydrogen) atoms. The highest BCUT2D eigenvalue weighted by atomic mass is 16.5. The molecule has 0 fully saturated rings. The van der Waals surface area contributed by atoms with Gasteiger partial charge in [-0.15, -0.1) is 0 Å². The Morgan fingerprint density at radius 2 is 1.55 bits per heavy atom. The lowest BCUT2D eigenvalue weighted by Crippen LogP contribution is -2.17. The number of benzene rings is 2. The topological polar surface area (TPSA) is 68.2 Å². The molecule has 1 aromatic heterocycles. The lowest BCUT2D eigenvalue weighted by atomic mass is 9.93. The Kier molecular flexibility index (Phi) is 6.22.